The first-order valence-electron chi connectivity index (χ1n) is 4.40. The summed E-state index contributed by atoms with van der Waals surface area (Å²) in [6.45, 7) is 3.51. The first-order valence-corrected chi connectivity index (χ1v) is 4.40. The number of imide groups is 1. The van der Waals surface area contributed by atoms with Gasteiger partial charge >= 0.3 is 0 Å². The Hall–Kier alpha value is -1.16. The summed E-state index contributed by atoms with van der Waals surface area (Å²) < 4.78 is 0. The Morgan fingerprint density at radius 3 is 2.46 bits per heavy atom. The van der Waals surface area contributed by atoms with Gasteiger partial charge in [0, 0.05) is 18.7 Å². The van der Waals surface area contributed by atoms with Crippen molar-refractivity contribution in [2.45, 2.75) is 18.9 Å². The first-order chi connectivity index (χ1) is 6.13. The average Bonchev–Trinajstić information content (AvgIpc) is 2.60. The van der Waals surface area contributed by atoms with E-state index in [1.54, 1.807) is 0 Å². The van der Waals surface area contributed by atoms with E-state index in [2.05, 4.69) is 5.32 Å². The zero-order valence-electron chi connectivity index (χ0n) is 7.54. The Balaban J connectivity index is 2.25. The molecule has 0 saturated carbocycles. The molecule has 0 aromatic rings. The maximum atomic E-state index is 11.4. The van der Waals surface area contributed by atoms with Gasteiger partial charge in [0.1, 0.15) is 0 Å². The fourth-order valence-corrected chi connectivity index (χ4v) is 1.93. The molecule has 0 radical (unpaired) electrons. The number of nitrogens with zero attached hydrogens (tertiary/aromatic N) is 1. The summed E-state index contributed by atoms with van der Waals surface area (Å²) in [6.07, 6.45) is 3.52. The average molecular weight is 180 g/mol. The third-order valence-corrected chi connectivity index (χ3v) is 2.70. The summed E-state index contributed by atoms with van der Waals surface area (Å²) in [4.78, 5) is 24.1. The quantitative estimate of drug-likeness (QED) is 0.562. The zero-order chi connectivity index (χ0) is 9.47. The van der Waals surface area contributed by atoms with E-state index in [0.29, 0.717) is 6.54 Å². The van der Waals surface area contributed by atoms with E-state index < -0.39 is 0 Å². The lowest BCUT2D eigenvalue weighted by molar-refractivity contribution is -0.142. The van der Waals surface area contributed by atoms with Crippen LogP contribution >= 0.6 is 0 Å². The van der Waals surface area contributed by atoms with Crippen molar-refractivity contribution >= 4 is 11.8 Å². The van der Waals surface area contributed by atoms with Gasteiger partial charge in [0.2, 0.25) is 0 Å². The number of carbonyl (C=O) groups is 2. The fraction of sp³-hybridized carbons (Fsp3) is 0.556. The summed E-state index contributed by atoms with van der Waals surface area (Å²) in [7, 11) is 0. The van der Waals surface area contributed by atoms with Crippen LogP contribution in [0.5, 0.6) is 0 Å². The smallest absolute Gasteiger partial charge is 0.254 e. The molecule has 2 aliphatic heterocycles. The van der Waals surface area contributed by atoms with Crippen LogP contribution in [0.4, 0.5) is 0 Å². The molecule has 1 fully saturated rings. The van der Waals surface area contributed by atoms with Gasteiger partial charge < -0.3 is 5.32 Å². The van der Waals surface area contributed by atoms with Crippen LogP contribution in [0, 0.1) is 0 Å². The number of amides is 2. The molecule has 4 nitrogen and oxygen atoms in total. The fourth-order valence-electron chi connectivity index (χ4n) is 1.93. The lowest BCUT2D eigenvalue weighted by Crippen LogP contribution is -2.51. The molecule has 1 N–H and O–H groups in total. The molecule has 2 aliphatic rings. The van der Waals surface area contributed by atoms with Gasteiger partial charge in [-0.3, -0.25) is 14.5 Å². The normalized spacial score (nSPS) is 33.5. The highest BCUT2D eigenvalue weighted by Gasteiger charge is 2.42. The topological polar surface area (TPSA) is 49.4 Å². The van der Waals surface area contributed by atoms with Crippen LogP contribution in [0.25, 0.3) is 0 Å². The number of rotatable bonds is 1. The van der Waals surface area contributed by atoms with Gasteiger partial charge in [-0.25, -0.2) is 0 Å². The van der Waals surface area contributed by atoms with Gasteiger partial charge in [-0.05, 0) is 19.9 Å². The van der Waals surface area contributed by atoms with Gasteiger partial charge in [-0.15, -0.1) is 0 Å². The van der Waals surface area contributed by atoms with Crippen LogP contribution in [0.3, 0.4) is 0 Å². The van der Waals surface area contributed by atoms with Crippen molar-refractivity contribution in [3.8, 4) is 0 Å². The lowest BCUT2D eigenvalue weighted by atomic mass is 9.99. The minimum absolute atomic E-state index is 0.184. The third kappa shape index (κ3) is 1.18. The van der Waals surface area contributed by atoms with E-state index >= 15 is 0 Å². The molecule has 1 atom stereocenters. The molecule has 2 heterocycles. The highest BCUT2D eigenvalue weighted by Crippen LogP contribution is 2.25. The molecule has 0 aromatic heterocycles. The molecule has 0 aliphatic carbocycles. The summed E-state index contributed by atoms with van der Waals surface area (Å²) in [5, 5.41) is 3.16. The highest BCUT2D eigenvalue weighted by molar-refractivity contribution is 6.13. The monoisotopic (exact) mass is 180 g/mol. The molecule has 4 heteroatoms. The van der Waals surface area contributed by atoms with Crippen LogP contribution in [0.2, 0.25) is 0 Å². The van der Waals surface area contributed by atoms with Gasteiger partial charge in [-0.1, -0.05) is 0 Å². The molecule has 0 spiro atoms. The minimum atomic E-state index is -0.322. The molecule has 0 aromatic carbocycles. The maximum absolute atomic E-state index is 11.4. The predicted octanol–water partition coefficient (Wildman–Crippen LogP) is -0.337. The number of carbonyl (C=O) groups excluding carboxylic acids is 2. The van der Waals surface area contributed by atoms with Gasteiger partial charge in [0.25, 0.3) is 11.8 Å². The second-order valence-electron chi connectivity index (χ2n) is 3.77. The molecule has 1 unspecified atom stereocenters. The summed E-state index contributed by atoms with van der Waals surface area (Å²) in [5.41, 5.74) is -0.322. The molecule has 2 rings (SSSR count). The van der Waals surface area contributed by atoms with Crippen molar-refractivity contribution in [3.05, 3.63) is 12.2 Å². The number of nitrogens with one attached hydrogen (secondary N) is 1. The van der Waals surface area contributed by atoms with Crippen LogP contribution in [-0.2, 0) is 9.59 Å². The van der Waals surface area contributed by atoms with Crippen molar-refractivity contribution in [2.75, 3.05) is 13.1 Å². The van der Waals surface area contributed by atoms with Crippen LogP contribution < -0.4 is 5.32 Å². The van der Waals surface area contributed by atoms with E-state index in [4.69, 9.17) is 0 Å². The standard InChI is InChI=1S/C9H12N2O2/c1-9(4-5-10-6-9)11-7(12)2-3-8(11)13/h2-3,10H,4-6H2,1H3. The van der Waals surface area contributed by atoms with Crippen LogP contribution in [0.15, 0.2) is 12.2 Å². The van der Waals surface area contributed by atoms with Crippen molar-refractivity contribution in [1.29, 1.82) is 0 Å². The van der Waals surface area contributed by atoms with E-state index in [1.165, 1.54) is 17.1 Å². The Labute approximate surface area is 76.6 Å². The lowest BCUT2D eigenvalue weighted by Gasteiger charge is -2.32. The van der Waals surface area contributed by atoms with Crippen molar-refractivity contribution in [3.63, 3.8) is 0 Å². The van der Waals surface area contributed by atoms with Crippen molar-refractivity contribution < 1.29 is 9.59 Å². The molecule has 2 amide bonds. The molecular weight excluding hydrogens is 168 g/mol. The van der Waals surface area contributed by atoms with Crippen molar-refractivity contribution in [2.24, 2.45) is 0 Å². The molecule has 0 bridgehead atoms. The molecule has 1 saturated heterocycles. The van der Waals surface area contributed by atoms with Gasteiger partial charge in [0.15, 0.2) is 0 Å². The predicted molar refractivity (Wildman–Crippen MR) is 46.9 cm³/mol. The third-order valence-electron chi connectivity index (χ3n) is 2.70. The second-order valence-corrected chi connectivity index (χ2v) is 3.77. The number of hydrogen-bond donors (Lipinski definition) is 1. The maximum Gasteiger partial charge on any atom is 0.254 e. The Morgan fingerprint density at radius 2 is 2.00 bits per heavy atom. The largest absolute Gasteiger partial charge is 0.314 e. The van der Waals surface area contributed by atoms with E-state index in [0.717, 1.165) is 13.0 Å². The molecule has 13 heavy (non-hydrogen) atoms. The van der Waals surface area contributed by atoms with Crippen LogP contribution in [0.1, 0.15) is 13.3 Å². The van der Waals surface area contributed by atoms with E-state index in [-0.39, 0.29) is 17.4 Å². The molecule has 70 valence electrons. The van der Waals surface area contributed by atoms with E-state index in [1.807, 2.05) is 6.92 Å². The summed E-state index contributed by atoms with van der Waals surface area (Å²) in [6, 6.07) is 0. The first kappa shape index (κ1) is 8.44. The Morgan fingerprint density at radius 1 is 1.38 bits per heavy atom. The van der Waals surface area contributed by atoms with Crippen molar-refractivity contribution in [1.82, 2.24) is 10.2 Å². The second kappa shape index (κ2) is 2.67. The minimum Gasteiger partial charge on any atom is -0.314 e. The van der Waals surface area contributed by atoms with Gasteiger partial charge in [0.05, 0.1) is 5.54 Å². The van der Waals surface area contributed by atoms with E-state index in [9.17, 15) is 9.59 Å². The molecular formula is C9H12N2O2. The zero-order valence-corrected chi connectivity index (χ0v) is 7.54. The Bertz CT molecular complexity index is 272. The Kier molecular flexibility index (Phi) is 1.73. The SMILES string of the molecule is CC1(N2C(=O)C=CC2=O)CCNC1. The van der Waals surface area contributed by atoms with Crippen LogP contribution in [-0.4, -0.2) is 35.3 Å². The summed E-state index contributed by atoms with van der Waals surface area (Å²) >= 11 is 0. The van der Waals surface area contributed by atoms with Gasteiger partial charge in [-0.2, -0.15) is 0 Å². The summed E-state index contributed by atoms with van der Waals surface area (Å²) in [5.74, 6) is -0.368. The number of hydrogen-bond acceptors (Lipinski definition) is 3. The highest BCUT2D eigenvalue weighted by atomic mass is 16.2.